The molecular weight excluding hydrogens is 180 g/mol. The van der Waals surface area contributed by atoms with Crippen molar-refractivity contribution < 1.29 is 14.6 Å². The summed E-state index contributed by atoms with van der Waals surface area (Å²) in [5, 5.41) is 8.74. The molecule has 0 spiro atoms. The molecule has 0 aliphatic rings. The van der Waals surface area contributed by atoms with Crippen molar-refractivity contribution in [3.63, 3.8) is 0 Å². The van der Waals surface area contributed by atoms with Crippen molar-refractivity contribution in [1.82, 2.24) is 0 Å². The maximum atomic E-state index is 10.6. The van der Waals surface area contributed by atoms with E-state index in [0.29, 0.717) is 12.5 Å². The third-order valence-corrected chi connectivity index (χ3v) is 2.52. The van der Waals surface area contributed by atoms with E-state index < -0.39 is 11.9 Å². The van der Waals surface area contributed by atoms with Crippen molar-refractivity contribution in [2.75, 3.05) is 6.61 Å². The fourth-order valence-electron chi connectivity index (χ4n) is 1.24. The van der Waals surface area contributed by atoms with Crippen molar-refractivity contribution in [1.29, 1.82) is 0 Å². The minimum Gasteiger partial charge on any atom is -0.481 e. The molecule has 0 aromatic rings. The van der Waals surface area contributed by atoms with Crippen molar-refractivity contribution in [3.8, 4) is 0 Å². The maximum absolute atomic E-state index is 10.6. The minimum absolute atomic E-state index is 0.202. The summed E-state index contributed by atoms with van der Waals surface area (Å²) in [7, 11) is 0. The van der Waals surface area contributed by atoms with Gasteiger partial charge in [-0.25, -0.2) is 0 Å². The number of carboxylic acids is 1. The summed E-state index contributed by atoms with van der Waals surface area (Å²) in [6.45, 7) is 8.42. The van der Waals surface area contributed by atoms with Crippen LogP contribution in [-0.4, -0.2) is 23.8 Å². The van der Waals surface area contributed by atoms with Gasteiger partial charge in [-0.15, -0.1) is 0 Å². The Balaban J connectivity index is 3.72. The second-order valence-corrected chi connectivity index (χ2v) is 4.06. The van der Waals surface area contributed by atoms with Gasteiger partial charge in [-0.3, -0.25) is 4.79 Å². The van der Waals surface area contributed by atoms with Gasteiger partial charge in [-0.1, -0.05) is 20.3 Å². The number of aliphatic carboxylic acids is 1. The van der Waals surface area contributed by atoms with Gasteiger partial charge < -0.3 is 9.84 Å². The van der Waals surface area contributed by atoms with Crippen molar-refractivity contribution >= 4 is 5.97 Å². The van der Waals surface area contributed by atoms with Gasteiger partial charge in [0.2, 0.25) is 0 Å². The number of rotatable bonds is 7. The van der Waals surface area contributed by atoms with E-state index >= 15 is 0 Å². The Morgan fingerprint density at radius 1 is 1.36 bits per heavy atom. The molecule has 3 nitrogen and oxygen atoms in total. The Kier molecular flexibility index (Phi) is 6.54. The average Bonchev–Trinajstić information content (AvgIpc) is 2.13. The maximum Gasteiger partial charge on any atom is 0.308 e. The van der Waals surface area contributed by atoms with Crippen molar-refractivity contribution in [2.45, 2.75) is 46.6 Å². The van der Waals surface area contributed by atoms with E-state index in [2.05, 4.69) is 13.8 Å². The number of carbonyl (C=O) groups is 1. The topological polar surface area (TPSA) is 46.5 Å². The van der Waals surface area contributed by atoms with Crippen LogP contribution in [0, 0.1) is 11.8 Å². The fourth-order valence-corrected chi connectivity index (χ4v) is 1.24. The first kappa shape index (κ1) is 13.4. The molecule has 0 radical (unpaired) electrons. The van der Waals surface area contributed by atoms with Crippen LogP contribution in [-0.2, 0) is 9.53 Å². The van der Waals surface area contributed by atoms with Crippen LogP contribution in [0.2, 0.25) is 0 Å². The second kappa shape index (κ2) is 6.82. The van der Waals surface area contributed by atoms with E-state index in [1.165, 1.54) is 0 Å². The SMILES string of the molecule is CCCC(C)COC(C)C(C)C(=O)O. The zero-order valence-corrected chi connectivity index (χ0v) is 9.62. The predicted octanol–water partition coefficient (Wildman–Crippen LogP) is 2.55. The quantitative estimate of drug-likeness (QED) is 0.690. The van der Waals surface area contributed by atoms with Gasteiger partial charge in [0.05, 0.1) is 12.0 Å². The molecule has 0 amide bonds. The number of carboxylic acid groups (broad SMARTS) is 1. The van der Waals surface area contributed by atoms with E-state index in [1.807, 2.05) is 6.92 Å². The van der Waals surface area contributed by atoms with E-state index in [-0.39, 0.29) is 6.10 Å². The molecule has 0 aromatic carbocycles. The van der Waals surface area contributed by atoms with Gasteiger partial charge in [0.15, 0.2) is 0 Å². The first-order chi connectivity index (χ1) is 6.49. The Morgan fingerprint density at radius 3 is 2.36 bits per heavy atom. The van der Waals surface area contributed by atoms with Gasteiger partial charge in [-0.05, 0) is 26.2 Å². The minimum atomic E-state index is -0.791. The first-order valence-electron chi connectivity index (χ1n) is 5.33. The summed E-state index contributed by atoms with van der Waals surface area (Å²) < 4.78 is 5.50. The molecule has 3 heteroatoms. The molecule has 0 aliphatic heterocycles. The molecule has 1 N–H and O–H groups in total. The zero-order valence-electron chi connectivity index (χ0n) is 9.62. The van der Waals surface area contributed by atoms with E-state index in [9.17, 15) is 4.79 Å². The first-order valence-corrected chi connectivity index (χ1v) is 5.33. The lowest BCUT2D eigenvalue weighted by molar-refractivity contribution is -0.146. The Bertz CT molecular complexity index is 168. The standard InChI is InChI=1S/C11H22O3/c1-5-6-8(2)7-14-10(4)9(3)11(12)13/h8-10H,5-7H2,1-4H3,(H,12,13). The van der Waals surface area contributed by atoms with Gasteiger partial charge in [-0.2, -0.15) is 0 Å². The highest BCUT2D eigenvalue weighted by Crippen LogP contribution is 2.11. The normalized spacial score (nSPS) is 17.4. The molecule has 0 saturated heterocycles. The predicted molar refractivity (Wildman–Crippen MR) is 56.3 cm³/mol. The highest BCUT2D eigenvalue weighted by Gasteiger charge is 2.20. The van der Waals surface area contributed by atoms with E-state index in [0.717, 1.165) is 12.8 Å². The summed E-state index contributed by atoms with van der Waals surface area (Å²) in [5.74, 6) is -0.701. The Morgan fingerprint density at radius 2 is 1.93 bits per heavy atom. The summed E-state index contributed by atoms with van der Waals surface area (Å²) in [5.41, 5.74) is 0. The summed E-state index contributed by atoms with van der Waals surface area (Å²) in [6, 6.07) is 0. The van der Waals surface area contributed by atoms with Crippen LogP contribution in [0.3, 0.4) is 0 Å². The van der Waals surface area contributed by atoms with Crippen LogP contribution in [0.4, 0.5) is 0 Å². The lowest BCUT2D eigenvalue weighted by atomic mass is 10.1. The highest BCUT2D eigenvalue weighted by molar-refractivity contribution is 5.70. The largest absolute Gasteiger partial charge is 0.481 e. The monoisotopic (exact) mass is 202 g/mol. The molecule has 0 aromatic heterocycles. The molecule has 14 heavy (non-hydrogen) atoms. The fraction of sp³-hybridized carbons (Fsp3) is 0.909. The van der Waals surface area contributed by atoms with Crippen molar-refractivity contribution in [3.05, 3.63) is 0 Å². The van der Waals surface area contributed by atoms with Crippen LogP contribution >= 0.6 is 0 Å². The van der Waals surface area contributed by atoms with Crippen molar-refractivity contribution in [2.24, 2.45) is 11.8 Å². The van der Waals surface area contributed by atoms with Gasteiger partial charge in [0, 0.05) is 6.61 Å². The molecule has 84 valence electrons. The third kappa shape index (κ3) is 5.22. The van der Waals surface area contributed by atoms with Gasteiger partial charge >= 0.3 is 5.97 Å². The molecule has 3 unspecified atom stereocenters. The average molecular weight is 202 g/mol. The molecule has 0 aliphatic carbocycles. The number of hydrogen-bond donors (Lipinski definition) is 1. The Labute approximate surface area is 86.5 Å². The van der Waals surface area contributed by atoms with E-state index in [4.69, 9.17) is 9.84 Å². The zero-order chi connectivity index (χ0) is 11.1. The molecule has 0 saturated carbocycles. The number of ether oxygens (including phenoxy) is 1. The van der Waals surface area contributed by atoms with Crippen LogP contribution in [0.25, 0.3) is 0 Å². The second-order valence-electron chi connectivity index (χ2n) is 4.06. The van der Waals surface area contributed by atoms with Crippen LogP contribution < -0.4 is 0 Å². The molecular formula is C11H22O3. The summed E-state index contributed by atoms with van der Waals surface area (Å²) in [6.07, 6.45) is 2.08. The van der Waals surface area contributed by atoms with Gasteiger partial charge in [0.1, 0.15) is 0 Å². The lowest BCUT2D eigenvalue weighted by Gasteiger charge is -2.19. The van der Waals surface area contributed by atoms with Crippen LogP contribution in [0.5, 0.6) is 0 Å². The summed E-state index contributed by atoms with van der Waals surface area (Å²) in [4.78, 5) is 10.6. The third-order valence-electron chi connectivity index (χ3n) is 2.52. The van der Waals surface area contributed by atoms with Gasteiger partial charge in [0.25, 0.3) is 0 Å². The number of hydrogen-bond acceptors (Lipinski definition) is 2. The summed E-state index contributed by atoms with van der Waals surface area (Å²) >= 11 is 0. The Hall–Kier alpha value is -0.570. The molecule has 3 atom stereocenters. The lowest BCUT2D eigenvalue weighted by Crippen LogP contribution is -2.27. The smallest absolute Gasteiger partial charge is 0.308 e. The van der Waals surface area contributed by atoms with Crippen LogP contribution in [0.15, 0.2) is 0 Å². The highest BCUT2D eigenvalue weighted by atomic mass is 16.5. The van der Waals surface area contributed by atoms with Crippen LogP contribution in [0.1, 0.15) is 40.5 Å². The molecule has 0 heterocycles. The molecule has 0 rings (SSSR count). The molecule has 0 bridgehead atoms. The van der Waals surface area contributed by atoms with E-state index in [1.54, 1.807) is 6.92 Å². The molecule has 0 fully saturated rings.